The average Bonchev–Trinajstić information content (AvgIpc) is 3.61. The molecule has 0 fully saturated rings. The first-order chi connectivity index (χ1) is 17.4. The number of carbonyl (C=O) groups is 1. The van der Waals surface area contributed by atoms with Crippen LogP contribution in [0, 0.1) is 5.82 Å². The second kappa shape index (κ2) is 8.65. The first kappa shape index (κ1) is 22.6. The molecule has 1 amide bonds. The molecule has 182 valence electrons. The van der Waals surface area contributed by atoms with Crippen LogP contribution in [0.15, 0.2) is 58.1 Å². The molecule has 5 aromatic rings. The standard InChI is InChI=1S/C24H17Cl2FN6O3/c25-16-10-18-23(34)28-11-14(33(18)21(16)26)8-13-3-4-17(27)15(9-13)24(35)31-5-6-32-20(12-31)29-30-22(32)19-2-1-7-36-19/h1-4,7,9-11H,5-6,8,12H2,(H,28,34). The minimum Gasteiger partial charge on any atom is -0.461 e. The zero-order valence-corrected chi connectivity index (χ0v) is 20.1. The molecule has 0 aliphatic carbocycles. The van der Waals surface area contributed by atoms with Gasteiger partial charge in [-0.2, -0.15) is 0 Å². The molecule has 1 aliphatic heterocycles. The van der Waals surface area contributed by atoms with E-state index < -0.39 is 11.7 Å². The van der Waals surface area contributed by atoms with Crippen LogP contribution in [0.2, 0.25) is 10.2 Å². The fraction of sp³-hybridized carbons (Fsp3) is 0.167. The summed E-state index contributed by atoms with van der Waals surface area (Å²) >= 11 is 12.4. The van der Waals surface area contributed by atoms with Crippen molar-refractivity contribution in [3.05, 3.63) is 97.9 Å². The van der Waals surface area contributed by atoms with Crippen molar-refractivity contribution in [2.24, 2.45) is 0 Å². The highest BCUT2D eigenvalue weighted by Gasteiger charge is 2.28. The number of hydrogen-bond acceptors (Lipinski definition) is 5. The molecule has 12 heteroatoms. The maximum Gasteiger partial charge on any atom is 0.272 e. The molecule has 0 radical (unpaired) electrons. The second-order valence-electron chi connectivity index (χ2n) is 8.40. The van der Waals surface area contributed by atoms with E-state index in [0.717, 1.165) is 0 Å². The fourth-order valence-corrected chi connectivity index (χ4v) is 4.91. The van der Waals surface area contributed by atoms with Crippen LogP contribution >= 0.6 is 23.2 Å². The van der Waals surface area contributed by atoms with Gasteiger partial charge < -0.3 is 18.9 Å². The number of nitrogens with one attached hydrogen (secondary N) is 1. The lowest BCUT2D eigenvalue weighted by Crippen LogP contribution is -2.39. The highest BCUT2D eigenvalue weighted by atomic mass is 35.5. The maximum absolute atomic E-state index is 14.8. The van der Waals surface area contributed by atoms with Gasteiger partial charge in [-0.15, -0.1) is 10.2 Å². The molecule has 0 bridgehead atoms. The number of fused-ring (bicyclic) bond motifs is 2. The van der Waals surface area contributed by atoms with E-state index in [0.29, 0.717) is 47.3 Å². The normalized spacial score (nSPS) is 13.4. The van der Waals surface area contributed by atoms with Gasteiger partial charge in [0.25, 0.3) is 11.5 Å². The Labute approximate surface area is 212 Å². The predicted molar refractivity (Wildman–Crippen MR) is 130 cm³/mol. The lowest BCUT2D eigenvalue weighted by Gasteiger charge is -2.28. The van der Waals surface area contributed by atoms with Crippen LogP contribution in [0.1, 0.15) is 27.4 Å². The average molecular weight is 527 g/mol. The minimum absolute atomic E-state index is 0.0518. The van der Waals surface area contributed by atoms with Gasteiger partial charge >= 0.3 is 0 Å². The summed E-state index contributed by atoms with van der Waals surface area (Å²) in [4.78, 5) is 29.7. The molecule has 0 unspecified atom stereocenters. The van der Waals surface area contributed by atoms with Crippen molar-refractivity contribution < 1.29 is 13.6 Å². The number of furan rings is 1. The fourth-order valence-electron chi connectivity index (χ4n) is 4.47. The number of hydrogen-bond donors (Lipinski definition) is 1. The predicted octanol–water partition coefficient (Wildman–Crippen LogP) is 4.17. The van der Waals surface area contributed by atoms with Gasteiger partial charge in [-0.1, -0.05) is 29.3 Å². The summed E-state index contributed by atoms with van der Waals surface area (Å²) in [7, 11) is 0. The van der Waals surface area contributed by atoms with Crippen LogP contribution in [0.5, 0.6) is 0 Å². The SMILES string of the molecule is O=C(c1cc(Cc2c[nH]c(=O)c3cc(Cl)c(Cl)n23)ccc1F)N1CCn2c(nnc2-c2ccco2)C1. The third kappa shape index (κ3) is 3.69. The molecule has 5 heterocycles. The minimum atomic E-state index is -0.624. The highest BCUT2D eigenvalue weighted by Crippen LogP contribution is 2.28. The van der Waals surface area contributed by atoms with Gasteiger partial charge in [0.1, 0.15) is 16.5 Å². The molecular weight excluding hydrogens is 510 g/mol. The van der Waals surface area contributed by atoms with E-state index >= 15 is 0 Å². The van der Waals surface area contributed by atoms with Crippen LogP contribution in [0.3, 0.4) is 0 Å². The molecule has 1 N–H and O–H groups in total. The third-order valence-electron chi connectivity index (χ3n) is 6.22. The Morgan fingerprint density at radius 3 is 2.83 bits per heavy atom. The number of nitrogens with zero attached hydrogens (tertiary/aromatic N) is 5. The lowest BCUT2D eigenvalue weighted by atomic mass is 10.0. The van der Waals surface area contributed by atoms with E-state index in [1.54, 1.807) is 33.8 Å². The van der Waals surface area contributed by atoms with Crippen molar-refractivity contribution in [1.82, 2.24) is 29.0 Å². The van der Waals surface area contributed by atoms with Crippen molar-refractivity contribution in [2.75, 3.05) is 6.54 Å². The van der Waals surface area contributed by atoms with Gasteiger partial charge in [-0.3, -0.25) is 14.0 Å². The molecule has 0 atom stereocenters. The smallest absolute Gasteiger partial charge is 0.272 e. The number of aromatic amines is 1. The van der Waals surface area contributed by atoms with Gasteiger partial charge in [0.2, 0.25) is 0 Å². The molecule has 1 aromatic carbocycles. The van der Waals surface area contributed by atoms with E-state index in [4.69, 9.17) is 27.6 Å². The molecule has 0 saturated carbocycles. The zero-order chi connectivity index (χ0) is 25.0. The molecular formula is C24H17Cl2FN6O3. The molecule has 4 aromatic heterocycles. The van der Waals surface area contributed by atoms with Crippen LogP contribution in [0.4, 0.5) is 4.39 Å². The van der Waals surface area contributed by atoms with Crippen LogP contribution in [-0.4, -0.2) is 41.5 Å². The van der Waals surface area contributed by atoms with Crippen LogP contribution in [0.25, 0.3) is 17.1 Å². The van der Waals surface area contributed by atoms with Gasteiger partial charge in [0, 0.05) is 31.4 Å². The lowest BCUT2D eigenvalue weighted by molar-refractivity contribution is 0.0703. The Bertz CT molecular complexity index is 1690. The monoisotopic (exact) mass is 526 g/mol. The number of rotatable bonds is 4. The number of carbonyl (C=O) groups excluding carboxylic acids is 1. The van der Waals surface area contributed by atoms with E-state index in [1.165, 1.54) is 24.4 Å². The Kier molecular flexibility index (Phi) is 5.42. The Morgan fingerprint density at radius 2 is 2.03 bits per heavy atom. The topological polar surface area (TPSA) is 101 Å². The Morgan fingerprint density at radius 1 is 1.17 bits per heavy atom. The quantitative estimate of drug-likeness (QED) is 0.378. The van der Waals surface area contributed by atoms with Crippen LogP contribution < -0.4 is 5.56 Å². The summed E-state index contributed by atoms with van der Waals surface area (Å²) in [6.45, 7) is 1.00. The van der Waals surface area contributed by atoms with Gasteiger partial charge in [0.05, 0.1) is 23.4 Å². The first-order valence-corrected chi connectivity index (χ1v) is 11.8. The van der Waals surface area contributed by atoms with Crippen molar-refractivity contribution >= 4 is 34.6 Å². The van der Waals surface area contributed by atoms with Crippen molar-refractivity contribution in [3.8, 4) is 11.6 Å². The van der Waals surface area contributed by atoms with E-state index in [2.05, 4.69) is 15.2 Å². The zero-order valence-electron chi connectivity index (χ0n) is 18.5. The molecule has 36 heavy (non-hydrogen) atoms. The van der Waals surface area contributed by atoms with Crippen molar-refractivity contribution in [2.45, 2.75) is 19.5 Å². The van der Waals surface area contributed by atoms with Gasteiger partial charge in [-0.25, -0.2) is 4.39 Å². The van der Waals surface area contributed by atoms with E-state index in [-0.39, 0.29) is 34.3 Å². The third-order valence-corrected chi connectivity index (χ3v) is 6.97. The van der Waals surface area contributed by atoms with Crippen molar-refractivity contribution in [1.29, 1.82) is 0 Å². The number of benzene rings is 1. The summed E-state index contributed by atoms with van der Waals surface area (Å²) in [6.07, 6.45) is 3.36. The molecule has 0 spiro atoms. The van der Waals surface area contributed by atoms with Gasteiger partial charge in [-0.05, 0) is 35.9 Å². The van der Waals surface area contributed by atoms with E-state index in [1.807, 2.05) is 4.57 Å². The summed E-state index contributed by atoms with van der Waals surface area (Å²) < 4.78 is 23.6. The maximum atomic E-state index is 14.8. The Hall–Kier alpha value is -3.89. The molecule has 6 rings (SSSR count). The van der Waals surface area contributed by atoms with Crippen molar-refractivity contribution in [3.63, 3.8) is 0 Å². The number of aromatic nitrogens is 5. The summed E-state index contributed by atoms with van der Waals surface area (Å²) in [6, 6.07) is 9.41. The summed E-state index contributed by atoms with van der Waals surface area (Å²) in [5, 5.41) is 8.83. The molecule has 9 nitrogen and oxygen atoms in total. The largest absolute Gasteiger partial charge is 0.461 e. The number of H-pyrrole nitrogens is 1. The summed E-state index contributed by atoms with van der Waals surface area (Å²) in [5.74, 6) is 0.698. The highest BCUT2D eigenvalue weighted by molar-refractivity contribution is 6.42. The molecule has 1 aliphatic rings. The second-order valence-corrected chi connectivity index (χ2v) is 9.16. The molecule has 0 saturated heterocycles. The Balaban J connectivity index is 1.28. The van der Waals surface area contributed by atoms with E-state index in [9.17, 15) is 14.0 Å². The number of halogens is 3. The van der Waals surface area contributed by atoms with Gasteiger partial charge in [0.15, 0.2) is 17.4 Å². The van der Waals surface area contributed by atoms with Crippen LogP contribution in [-0.2, 0) is 19.5 Å². The summed E-state index contributed by atoms with van der Waals surface area (Å²) in [5.41, 5.74) is 1.20. The number of amides is 1. The first-order valence-electron chi connectivity index (χ1n) is 11.0.